The number of hydrogen-bond acceptors (Lipinski definition) is 6. The van der Waals surface area contributed by atoms with Crippen LogP contribution < -0.4 is 16.4 Å². The number of carbonyl (C=O) groups excluding carboxylic acids is 2. The Morgan fingerprint density at radius 2 is 1.94 bits per heavy atom. The van der Waals surface area contributed by atoms with E-state index >= 15 is 0 Å². The number of anilines is 3. The van der Waals surface area contributed by atoms with Gasteiger partial charge in [-0.15, -0.1) is 4.99 Å². The summed E-state index contributed by atoms with van der Waals surface area (Å²) in [6, 6.07) is 11.8. The van der Waals surface area contributed by atoms with Crippen LogP contribution in [0.15, 0.2) is 47.5 Å². The molecule has 1 saturated heterocycles. The maximum absolute atomic E-state index is 12.7. The van der Waals surface area contributed by atoms with Gasteiger partial charge in [0.25, 0.3) is 0 Å². The molecular formula is C24H29N5O5. The number of rotatable bonds is 4. The monoisotopic (exact) mass is 467 g/mol. The number of aliphatic imine (C=N–C) groups is 1. The van der Waals surface area contributed by atoms with Gasteiger partial charge in [-0.1, -0.05) is 12.1 Å². The molecule has 10 heteroatoms. The predicted octanol–water partition coefficient (Wildman–Crippen LogP) is 3.67. The second kappa shape index (κ2) is 9.05. The zero-order valence-electron chi connectivity index (χ0n) is 19.8. The van der Waals surface area contributed by atoms with Crippen LogP contribution in [-0.4, -0.2) is 46.6 Å². The number of nitrogens with two attached hydrogens (primary N) is 1. The Kier molecular flexibility index (Phi) is 6.53. The molecule has 2 aromatic rings. The van der Waals surface area contributed by atoms with Crippen LogP contribution in [0.3, 0.4) is 0 Å². The number of carboxylic acid groups (broad SMARTS) is 1. The van der Waals surface area contributed by atoms with Gasteiger partial charge in [-0.25, -0.2) is 9.59 Å². The first-order valence-electron chi connectivity index (χ1n) is 10.6. The average molecular weight is 468 g/mol. The van der Waals surface area contributed by atoms with E-state index in [4.69, 9.17) is 15.6 Å². The number of nitrogen functional groups attached to an aromatic ring is 1. The Balaban J connectivity index is 1.87. The molecule has 0 saturated carbocycles. The van der Waals surface area contributed by atoms with E-state index in [-0.39, 0.29) is 29.5 Å². The lowest BCUT2D eigenvalue weighted by atomic mass is 9.86. The van der Waals surface area contributed by atoms with Crippen molar-refractivity contribution in [1.82, 2.24) is 10.2 Å². The summed E-state index contributed by atoms with van der Waals surface area (Å²) in [6.07, 6.45) is -0.662. The summed E-state index contributed by atoms with van der Waals surface area (Å²) in [5, 5.41) is 15.5. The van der Waals surface area contributed by atoms with Gasteiger partial charge in [0.05, 0.1) is 28.9 Å². The number of amides is 2. The van der Waals surface area contributed by atoms with Gasteiger partial charge in [0, 0.05) is 12.7 Å². The second-order valence-electron chi connectivity index (χ2n) is 9.32. The van der Waals surface area contributed by atoms with Gasteiger partial charge in [-0.3, -0.25) is 9.69 Å². The normalized spacial score (nSPS) is 19.5. The van der Waals surface area contributed by atoms with Gasteiger partial charge in [-0.05, 0) is 63.6 Å². The molecule has 1 fully saturated rings. The summed E-state index contributed by atoms with van der Waals surface area (Å²) in [7, 11) is 1.54. The molecule has 2 amide bonds. The van der Waals surface area contributed by atoms with Crippen molar-refractivity contribution in [3.63, 3.8) is 0 Å². The van der Waals surface area contributed by atoms with Crippen LogP contribution in [0.5, 0.6) is 0 Å². The van der Waals surface area contributed by atoms with E-state index in [1.165, 1.54) is 17.0 Å². The molecule has 10 nitrogen and oxygen atoms in total. The summed E-state index contributed by atoms with van der Waals surface area (Å²) >= 11 is 0. The molecule has 1 heterocycles. The molecule has 0 bridgehead atoms. The largest absolute Gasteiger partial charge is 0.478 e. The number of aromatic carboxylic acids is 1. The van der Waals surface area contributed by atoms with E-state index in [1.807, 2.05) is 31.2 Å². The lowest BCUT2D eigenvalue weighted by Gasteiger charge is -2.40. The molecule has 0 spiro atoms. The van der Waals surface area contributed by atoms with E-state index in [9.17, 15) is 14.4 Å². The first-order valence-corrected chi connectivity index (χ1v) is 10.6. The molecule has 0 unspecified atom stereocenters. The van der Waals surface area contributed by atoms with Crippen LogP contribution in [0, 0.1) is 0 Å². The number of benzene rings is 2. The maximum atomic E-state index is 12.7. The molecular weight excluding hydrogens is 438 g/mol. The fraction of sp³-hybridized carbons (Fsp3) is 0.333. The number of nitrogens with zero attached hydrogens (tertiary/aromatic N) is 2. The van der Waals surface area contributed by atoms with Crippen LogP contribution in [0.1, 0.15) is 50.0 Å². The minimum absolute atomic E-state index is 0.0927. The Labute approximate surface area is 197 Å². The minimum Gasteiger partial charge on any atom is -0.478 e. The van der Waals surface area contributed by atoms with Crippen molar-refractivity contribution >= 4 is 41.0 Å². The number of guanidine groups is 1. The molecule has 1 aliphatic rings. The fourth-order valence-corrected chi connectivity index (χ4v) is 3.47. The molecule has 0 radical (unpaired) electrons. The lowest BCUT2D eigenvalue weighted by Crippen LogP contribution is -2.58. The molecule has 2 aromatic carbocycles. The van der Waals surface area contributed by atoms with Gasteiger partial charge < -0.3 is 26.2 Å². The van der Waals surface area contributed by atoms with Gasteiger partial charge in [0.15, 0.2) is 0 Å². The van der Waals surface area contributed by atoms with Crippen molar-refractivity contribution in [2.45, 2.75) is 45.3 Å². The van der Waals surface area contributed by atoms with Gasteiger partial charge in [0.2, 0.25) is 11.9 Å². The molecule has 1 atom stereocenters. The smallest absolute Gasteiger partial charge is 0.437 e. The first-order chi connectivity index (χ1) is 15.8. The van der Waals surface area contributed by atoms with Crippen molar-refractivity contribution < 1.29 is 24.2 Å². The molecule has 5 N–H and O–H groups in total. The highest BCUT2D eigenvalue weighted by Gasteiger charge is 2.39. The standard InChI is InChI=1S/C24H29N5O5/c1-23(2,3)34-22(33)27-21-28-24(4,13-19(30)29(21)5)15-7-6-8-16(12-15)26-18-10-9-14(20(31)32)11-17(18)25/h6-12,26H,13,25H2,1-5H3,(H,31,32)(H,27,28,33)/t24-/m0/s1. The highest BCUT2D eigenvalue weighted by molar-refractivity contribution is 6.03. The van der Waals surface area contributed by atoms with Gasteiger partial charge in [0.1, 0.15) is 5.60 Å². The number of nitrogens with one attached hydrogen (secondary N) is 2. The molecule has 3 rings (SSSR count). The molecule has 0 aliphatic carbocycles. The summed E-state index contributed by atoms with van der Waals surface area (Å²) in [4.78, 5) is 41.4. The first kappa shape index (κ1) is 24.6. The van der Waals surface area contributed by atoms with Crippen LogP contribution in [-0.2, 0) is 15.1 Å². The van der Waals surface area contributed by atoms with E-state index in [2.05, 4.69) is 15.6 Å². The molecule has 34 heavy (non-hydrogen) atoms. The SMILES string of the molecule is CN1C(=O)C[C@@](C)(c2cccc(Nc3ccc(C(=O)O)cc3N)c2)N/C1=N\C(=O)OC(C)(C)C. The second-order valence-corrected chi connectivity index (χ2v) is 9.32. The van der Waals surface area contributed by atoms with E-state index < -0.39 is 23.2 Å². The van der Waals surface area contributed by atoms with E-state index in [0.29, 0.717) is 11.4 Å². The Morgan fingerprint density at radius 1 is 1.24 bits per heavy atom. The number of carboxylic acids is 1. The minimum atomic E-state index is -1.06. The van der Waals surface area contributed by atoms with E-state index in [1.54, 1.807) is 33.9 Å². The highest BCUT2D eigenvalue weighted by Crippen LogP contribution is 2.32. The fourth-order valence-electron chi connectivity index (χ4n) is 3.47. The van der Waals surface area contributed by atoms with Crippen molar-refractivity contribution in [3.8, 4) is 0 Å². The molecule has 1 aliphatic heterocycles. The molecule has 0 aromatic heterocycles. The Morgan fingerprint density at radius 3 is 2.56 bits per heavy atom. The summed E-state index contributed by atoms with van der Waals surface area (Å²) in [5.74, 6) is -1.18. The number of ether oxygens (including phenoxy) is 1. The van der Waals surface area contributed by atoms with Gasteiger partial charge in [-0.2, -0.15) is 0 Å². The third kappa shape index (κ3) is 5.64. The van der Waals surface area contributed by atoms with Crippen molar-refractivity contribution in [2.75, 3.05) is 18.1 Å². The van der Waals surface area contributed by atoms with Crippen LogP contribution in [0.25, 0.3) is 0 Å². The van der Waals surface area contributed by atoms with Crippen molar-refractivity contribution in [2.24, 2.45) is 4.99 Å². The zero-order valence-corrected chi connectivity index (χ0v) is 19.8. The zero-order chi connectivity index (χ0) is 25.3. The third-order valence-corrected chi connectivity index (χ3v) is 5.25. The van der Waals surface area contributed by atoms with Crippen LogP contribution >= 0.6 is 0 Å². The Bertz CT molecular complexity index is 1170. The summed E-state index contributed by atoms with van der Waals surface area (Å²) < 4.78 is 5.25. The van der Waals surface area contributed by atoms with Crippen LogP contribution in [0.4, 0.5) is 21.9 Å². The van der Waals surface area contributed by atoms with Gasteiger partial charge >= 0.3 is 12.1 Å². The highest BCUT2D eigenvalue weighted by atomic mass is 16.6. The number of hydrogen-bond donors (Lipinski definition) is 4. The Hall–Kier alpha value is -4.08. The van der Waals surface area contributed by atoms with Crippen molar-refractivity contribution in [1.29, 1.82) is 0 Å². The lowest BCUT2D eigenvalue weighted by molar-refractivity contribution is -0.129. The third-order valence-electron chi connectivity index (χ3n) is 5.25. The van der Waals surface area contributed by atoms with Crippen molar-refractivity contribution in [3.05, 3.63) is 53.6 Å². The predicted molar refractivity (Wildman–Crippen MR) is 129 cm³/mol. The molecule has 180 valence electrons. The summed E-state index contributed by atoms with van der Waals surface area (Å²) in [5.41, 5.74) is 6.84. The van der Waals surface area contributed by atoms with Crippen LogP contribution in [0.2, 0.25) is 0 Å². The summed E-state index contributed by atoms with van der Waals surface area (Å²) in [6.45, 7) is 7.05. The number of carbonyl (C=O) groups is 3. The topological polar surface area (TPSA) is 146 Å². The quantitative estimate of drug-likeness (QED) is 0.498. The maximum Gasteiger partial charge on any atom is 0.437 e. The van der Waals surface area contributed by atoms with E-state index in [0.717, 1.165) is 5.56 Å². The average Bonchev–Trinajstić information content (AvgIpc) is 2.72.